The molecule has 132 valence electrons. The first-order valence-corrected chi connectivity index (χ1v) is 12.4. The average molecular weight is 369 g/mol. The molecule has 3 rings (SSSR count). The Morgan fingerprint density at radius 3 is 2.04 bits per heavy atom. The zero-order chi connectivity index (χ0) is 15.4. The zero-order valence-corrected chi connectivity index (χ0v) is 19.2. The molecule has 0 amide bonds. The summed E-state index contributed by atoms with van der Waals surface area (Å²) in [6, 6.07) is 0. The third-order valence-corrected chi connectivity index (χ3v) is 10.7. The van der Waals surface area contributed by atoms with Crippen LogP contribution < -0.4 is 0 Å². The zero-order valence-electron chi connectivity index (χ0n) is 16.7. The Balaban J connectivity index is 0.00000132. The van der Waals surface area contributed by atoms with E-state index in [2.05, 4.69) is 40.8 Å². The second kappa shape index (κ2) is 7.64. The van der Waals surface area contributed by atoms with Gasteiger partial charge in [-0.25, -0.2) is 0 Å². The summed E-state index contributed by atoms with van der Waals surface area (Å²) in [4.78, 5) is 5.39. The molecule has 0 heterocycles. The molecule has 0 aliphatic heterocycles. The molecule has 0 spiro atoms. The van der Waals surface area contributed by atoms with Gasteiger partial charge in [0, 0.05) is 0 Å². The Hall–Kier alpha value is 0.891. The van der Waals surface area contributed by atoms with E-state index in [1.807, 2.05) is 0 Å². The van der Waals surface area contributed by atoms with Crippen LogP contribution in [-0.4, -0.2) is 13.8 Å². The standard InChI is InChI=1S/C19H36NSi.CH3.Ti/c1-13-10-16-11-14-8-7-9-15(14)12-17(16)18(13)21(5,6)20-19(2,3)4;;/h13-18H,7-12H2,1-6H3;1H3;/q2*-1;+2/t13-,14?,15?,16?,17?,18-;;/m1../s1. The van der Waals surface area contributed by atoms with Gasteiger partial charge >= 0.3 is 21.7 Å². The molecule has 3 fully saturated rings. The smallest absolute Gasteiger partial charge is 0.660 e. The Labute approximate surface area is 162 Å². The molecule has 3 saturated carbocycles. The fourth-order valence-corrected chi connectivity index (χ4v) is 11.6. The Kier molecular flexibility index (Phi) is 7.29. The van der Waals surface area contributed by atoms with Crippen LogP contribution in [0.4, 0.5) is 0 Å². The molecule has 3 aliphatic rings. The Morgan fingerprint density at radius 1 is 0.913 bits per heavy atom. The van der Waals surface area contributed by atoms with Gasteiger partial charge in [0.1, 0.15) is 0 Å². The molecular weight excluding hydrogens is 330 g/mol. The van der Waals surface area contributed by atoms with Crippen LogP contribution in [-0.2, 0) is 21.7 Å². The van der Waals surface area contributed by atoms with Crippen molar-refractivity contribution in [3.8, 4) is 0 Å². The van der Waals surface area contributed by atoms with Crippen LogP contribution >= 0.6 is 0 Å². The molecular formula is C20H39NSiTi. The van der Waals surface area contributed by atoms with Crippen LogP contribution in [0.2, 0.25) is 18.6 Å². The fourth-order valence-electron chi connectivity index (χ4n) is 6.76. The molecule has 0 aromatic carbocycles. The molecule has 4 unspecified atom stereocenters. The number of nitrogens with zero attached hydrogens (tertiary/aromatic N) is 1. The maximum absolute atomic E-state index is 5.39. The van der Waals surface area contributed by atoms with Gasteiger partial charge in [-0.15, -0.1) is 5.54 Å². The van der Waals surface area contributed by atoms with Gasteiger partial charge in [0.05, 0.1) is 0 Å². The van der Waals surface area contributed by atoms with Crippen molar-refractivity contribution < 1.29 is 21.7 Å². The average Bonchev–Trinajstić information content (AvgIpc) is 2.83. The predicted molar refractivity (Wildman–Crippen MR) is 102 cm³/mol. The fraction of sp³-hybridized carbons (Fsp3) is 0.950. The van der Waals surface area contributed by atoms with Crippen molar-refractivity contribution in [1.29, 1.82) is 0 Å². The van der Waals surface area contributed by atoms with E-state index >= 15 is 0 Å². The van der Waals surface area contributed by atoms with E-state index in [9.17, 15) is 0 Å². The van der Waals surface area contributed by atoms with E-state index in [4.69, 9.17) is 4.98 Å². The SMILES string of the molecule is C[C@@H]1CC2CC3CCCC3CC2[C@@H]1[Si](C)(C)[N-]C(C)(C)C.[CH3-].[Ti+2]. The Morgan fingerprint density at radius 2 is 1.48 bits per heavy atom. The summed E-state index contributed by atoms with van der Waals surface area (Å²) in [5.74, 6) is 5.17. The summed E-state index contributed by atoms with van der Waals surface area (Å²) < 4.78 is 0. The molecule has 0 aromatic rings. The quantitative estimate of drug-likeness (QED) is 0.381. The molecule has 0 radical (unpaired) electrons. The molecule has 0 aromatic heterocycles. The molecule has 0 N–H and O–H groups in total. The first kappa shape index (κ1) is 21.9. The second-order valence-corrected chi connectivity index (χ2v) is 14.2. The van der Waals surface area contributed by atoms with Crippen molar-refractivity contribution in [1.82, 2.24) is 0 Å². The third kappa shape index (κ3) is 4.54. The number of rotatable bonds is 2. The molecule has 0 bridgehead atoms. The third-order valence-electron chi connectivity index (χ3n) is 6.79. The summed E-state index contributed by atoms with van der Waals surface area (Å²) >= 11 is 0. The van der Waals surface area contributed by atoms with E-state index in [1.54, 1.807) is 19.3 Å². The van der Waals surface area contributed by atoms with E-state index in [-0.39, 0.29) is 34.7 Å². The van der Waals surface area contributed by atoms with Gasteiger partial charge in [-0.3, -0.25) is 0 Å². The largest absolute Gasteiger partial charge is 2.00 e. The van der Waals surface area contributed by atoms with Crippen LogP contribution in [0.15, 0.2) is 0 Å². The summed E-state index contributed by atoms with van der Waals surface area (Å²) in [5.41, 5.74) is 1.10. The van der Waals surface area contributed by atoms with Gasteiger partial charge in [-0.2, -0.15) is 0 Å². The van der Waals surface area contributed by atoms with Crippen molar-refractivity contribution in [3.05, 3.63) is 12.4 Å². The number of hydrogen-bond donors (Lipinski definition) is 0. The van der Waals surface area contributed by atoms with Crippen molar-refractivity contribution in [2.45, 2.75) is 90.4 Å². The maximum Gasteiger partial charge on any atom is 2.00 e. The minimum Gasteiger partial charge on any atom is -0.660 e. The van der Waals surface area contributed by atoms with Crippen LogP contribution in [0.1, 0.15) is 66.2 Å². The van der Waals surface area contributed by atoms with Gasteiger partial charge in [0.15, 0.2) is 0 Å². The maximum atomic E-state index is 5.39. The molecule has 0 saturated heterocycles. The molecule has 6 atom stereocenters. The minimum atomic E-state index is -1.50. The van der Waals surface area contributed by atoms with Crippen LogP contribution in [0, 0.1) is 37.0 Å². The normalized spacial score (nSPS) is 39.9. The molecule has 23 heavy (non-hydrogen) atoms. The molecule has 3 aliphatic carbocycles. The van der Waals surface area contributed by atoms with E-state index < -0.39 is 8.24 Å². The van der Waals surface area contributed by atoms with E-state index in [0.717, 1.165) is 35.1 Å². The van der Waals surface area contributed by atoms with Crippen molar-refractivity contribution in [2.75, 3.05) is 0 Å². The molecule has 3 heteroatoms. The summed E-state index contributed by atoms with van der Waals surface area (Å²) in [5, 5.41) is 0. The summed E-state index contributed by atoms with van der Waals surface area (Å²) in [6.45, 7) is 14.6. The number of hydrogen-bond acceptors (Lipinski definition) is 0. The summed E-state index contributed by atoms with van der Waals surface area (Å²) in [6.07, 6.45) is 9.22. The van der Waals surface area contributed by atoms with Gasteiger partial charge < -0.3 is 12.4 Å². The molecule has 1 nitrogen and oxygen atoms in total. The van der Waals surface area contributed by atoms with E-state index in [0.29, 0.717) is 0 Å². The van der Waals surface area contributed by atoms with Crippen LogP contribution in [0.5, 0.6) is 0 Å². The monoisotopic (exact) mass is 369 g/mol. The van der Waals surface area contributed by atoms with Gasteiger partial charge in [-0.1, -0.05) is 73.8 Å². The topological polar surface area (TPSA) is 14.1 Å². The van der Waals surface area contributed by atoms with Crippen molar-refractivity contribution in [2.24, 2.45) is 29.6 Å². The Bertz CT molecular complexity index is 390. The first-order chi connectivity index (χ1) is 9.67. The van der Waals surface area contributed by atoms with Gasteiger partial charge in [0.25, 0.3) is 0 Å². The van der Waals surface area contributed by atoms with Crippen molar-refractivity contribution in [3.63, 3.8) is 0 Å². The van der Waals surface area contributed by atoms with Crippen LogP contribution in [0.3, 0.4) is 0 Å². The van der Waals surface area contributed by atoms with Gasteiger partial charge in [-0.05, 0) is 48.9 Å². The minimum absolute atomic E-state index is 0. The predicted octanol–water partition coefficient (Wildman–Crippen LogP) is 6.66. The van der Waals surface area contributed by atoms with Crippen molar-refractivity contribution >= 4 is 8.24 Å². The number of fused-ring (bicyclic) bond motifs is 2. The van der Waals surface area contributed by atoms with E-state index in [1.165, 1.54) is 19.3 Å². The summed E-state index contributed by atoms with van der Waals surface area (Å²) in [7, 11) is -1.50. The van der Waals surface area contributed by atoms with Gasteiger partial charge in [0.2, 0.25) is 0 Å². The second-order valence-electron chi connectivity index (χ2n) is 10.0. The first-order valence-electron chi connectivity index (χ1n) is 9.41. The van der Waals surface area contributed by atoms with Crippen LogP contribution in [0.25, 0.3) is 4.98 Å².